The summed E-state index contributed by atoms with van der Waals surface area (Å²) in [4.78, 5) is 12.4. The van der Waals surface area contributed by atoms with Crippen LogP contribution in [0.15, 0.2) is 18.2 Å². The molecule has 0 aliphatic rings. The summed E-state index contributed by atoms with van der Waals surface area (Å²) < 4.78 is 187. The maximum absolute atomic E-state index is 15.2. The molecule has 0 saturated heterocycles. The van der Waals surface area contributed by atoms with Gasteiger partial charge in [0.15, 0.2) is 0 Å². The lowest BCUT2D eigenvalue weighted by atomic mass is 9.91. The molecule has 1 aromatic rings. The van der Waals surface area contributed by atoms with E-state index in [2.05, 4.69) is 4.74 Å². The van der Waals surface area contributed by atoms with Crippen LogP contribution in [0.1, 0.15) is 47.2 Å². The summed E-state index contributed by atoms with van der Waals surface area (Å²) >= 11 is 0. The van der Waals surface area contributed by atoms with Crippen molar-refractivity contribution in [1.29, 1.82) is 0 Å². The van der Waals surface area contributed by atoms with Crippen LogP contribution in [0.25, 0.3) is 0 Å². The van der Waals surface area contributed by atoms with E-state index in [1.54, 1.807) is 0 Å². The molecule has 0 atom stereocenters. The van der Waals surface area contributed by atoms with Crippen LogP contribution >= 0.6 is 0 Å². The molecule has 42 heavy (non-hydrogen) atoms. The van der Waals surface area contributed by atoms with Gasteiger partial charge in [-0.3, -0.25) is 8.78 Å². The summed E-state index contributed by atoms with van der Waals surface area (Å²) in [5.41, 5.74) is -4.37. The van der Waals surface area contributed by atoms with Crippen molar-refractivity contribution in [3.05, 3.63) is 34.9 Å². The Bertz CT molecular complexity index is 1430. The highest BCUT2D eigenvalue weighted by Gasteiger charge is 2.44. The molecule has 0 bridgehead atoms. The first-order valence-electron chi connectivity index (χ1n) is 11.6. The molecule has 0 unspecified atom stereocenters. The number of rotatable bonds is 19. The lowest BCUT2D eigenvalue weighted by Crippen LogP contribution is -2.36. The van der Waals surface area contributed by atoms with Crippen LogP contribution in [0.3, 0.4) is 0 Å². The predicted octanol–water partition coefficient (Wildman–Crippen LogP) is 1.65. The number of sulfonamides is 4. The highest BCUT2D eigenvalue weighted by molar-refractivity contribution is 8.05. The molecule has 244 valence electrons. The van der Waals surface area contributed by atoms with Crippen molar-refractivity contribution in [2.75, 3.05) is 43.5 Å². The molecule has 0 aromatic heterocycles. The molecule has 22 heteroatoms. The molecule has 0 amide bonds. The first-order valence-corrected chi connectivity index (χ1v) is 18.2. The molecule has 0 aliphatic heterocycles. The van der Waals surface area contributed by atoms with Crippen LogP contribution in [-0.2, 0) is 56.7 Å². The molecule has 1 rings (SSSR count). The molecule has 0 aliphatic carbocycles. The Hall–Kier alpha value is -2.01. The van der Waals surface area contributed by atoms with Crippen molar-refractivity contribution >= 4 is 46.1 Å². The second kappa shape index (κ2) is 14.6. The van der Waals surface area contributed by atoms with Crippen molar-refractivity contribution in [2.24, 2.45) is 0 Å². The standard InChI is InChI=1S/C20H28F6N2O10S4/c1-38-18(29)17-15(19(23,24)7-13-41(34,35)27-39(30,31)11-3-9-21)5-2-6-16(17)20(25,26)8-14-42(36,37)28-40(32,33)12-4-10-22/h2,5-6,27-28H,3-4,7-14H2,1H3. The van der Waals surface area contributed by atoms with Crippen molar-refractivity contribution in [2.45, 2.75) is 37.5 Å². The Balaban J connectivity index is 3.34. The zero-order valence-corrected chi connectivity index (χ0v) is 25.1. The molecule has 0 fully saturated rings. The highest BCUT2D eigenvalue weighted by atomic mass is 32.3. The average Bonchev–Trinajstić information content (AvgIpc) is 2.87. The molecule has 0 saturated carbocycles. The quantitative estimate of drug-likeness (QED) is 0.159. The minimum atomic E-state index is -4.98. The number of carbonyl (C=O) groups is 1. The number of hydrogen-bond donors (Lipinski definition) is 2. The van der Waals surface area contributed by atoms with E-state index in [9.17, 15) is 47.2 Å². The molecular formula is C20H28F6N2O10S4. The maximum atomic E-state index is 15.2. The average molecular weight is 699 g/mol. The topological polar surface area (TPSA) is 187 Å². The number of alkyl halides is 6. The van der Waals surface area contributed by atoms with Crippen LogP contribution in [0.2, 0.25) is 0 Å². The van der Waals surface area contributed by atoms with Gasteiger partial charge in [0.05, 0.1) is 49.0 Å². The number of benzene rings is 1. The van der Waals surface area contributed by atoms with Gasteiger partial charge in [0, 0.05) is 24.0 Å². The summed E-state index contributed by atoms with van der Waals surface area (Å²) in [6.07, 6.45) is -4.63. The van der Waals surface area contributed by atoms with E-state index in [0.29, 0.717) is 25.3 Å². The molecule has 0 radical (unpaired) electrons. The van der Waals surface area contributed by atoms with E-state index >= 15 is 17.6 Å². The molecule has 0 heterocycles. The fraction of sp³-hybridized carbons (Fsp3) is 0.650. The summed E-state index contributed by atoms with van der Waals surface area (Å²) in [5.74, 6) is -15.6. The predicted molar refractivity (Wildman–Crippen MR) is 137 cm³/mol. The fourth-order valence-corrected chi connectivity index (χ4v) is 9.78. The first-order chi connectivity index (χ1) is 19.0. The van der Waals surface area contributed by atoms with Gasteiger partial charge in [0.2, 0.25) is 40.1 Å². The number of nitrogens with one attached hydrogen (secondary N) is 2. The van der Waals surface area contributed by atoms with E-state index in [0.717, 1.165) is 8.25 Å². The number of carbonyl (C=O) groups excluding carboxylic acids is 1. The number of hydrogen-bond acceptors (Lipinski definition) is 10. The van der Waals surface area contributed by atoms with Crippen LogP contribution in [0.5, 0.6) is 0 Å². The van der Waals surface area contributed by atoms with Crippen molar-refractivity contribution in [3.63, 3.8) is 0 Å². The minimum absolute atomic E-state index is 0.486. The van der Waals surface area contributed by atoms with Crippen LogP contribution in [0, 0.1) is 0 Å². The lowest BCUT2D eigenvalue weighted by Gasteiger charge is -2.25. The Kier molecular flexibility index (Phi) is 13.3. The summed E-state index contributed by atoms with van der Waals surface area (Å²) in [7, 11) is -18.6. The van der Waals surface area contributed by atoms with E-state index in [1.807, 2.05) is 0 Å². The van der Waals surface area contributed by atoms with E-state index < -0.39 is 137 Å². The smallest absolute Gasteiger partial charge is 0.338 e. The summed E-state index contributed by atoms with van der Waals surface area (Å²) in [5, 5.41) is 0. The third-order valence-corrected chi connectivity index (χ3v) is 12.4. The lowest BCUT2D eigenvalue weighted by molar-refractivity contribution is -0.0172. The number of methoxy groups -OCH3 is 1. The highest BCUT2D eigenvalue weighted by Crippen LogP contribution is 2.41. The summed E-state index contributed by atoms with van der Waals surface area (Å²) in [6.45, 7) is -2.23. The molecule has 1 aromatic carbocycles. The largest absolute Gasteiger partial charge is 0.465 e. The van der Waals surface area contributed by atoms with Crippen molar-refractivity contribution in [3.8, 4) is 0 Å². The first kappa shape index (κ1) is 38.0. The maximum Gasteiger partial charge on any atom is 0.338 e. The van der Waals surface area contributed by atoms with Gasteiger partial charge in [-0.2, -0.15) is 0 Å². The molecule has 2 N–H and O–H groups in total. The van der Waals surface area contributed by atoms with Crippen molar-refractivity contribution < 1.29 is 69.5 Å². The van der Waals surface area contributed by atoms with Gasteiger partial charge in [0.1, 0.15) is 0 Å². The Morgan fingerprint density at radius 3 is 1.33 bits per heavy atom. The normalized spacial score (nSPS) is 13.7. The zero-order chi connectivity index (χ0) is 32.6. The van der Waals surface area contributed by atoms with Gasteiger partial charge in [-0.1, -0.05) is 18.2 Å². The van der Waals surface area contributed by atoms with Crippen LogP contribution in [-0.4, -0.2) is 83.1 Å². The van der Waals surface area contributed by atoms with Gasteiger partial charge >= 0.3 is 5.97 Å². The third kappa shape index (κ3) is 11.9. The monoisotopic (exact) mass is 698 g/mol. The third-order valence-electron chi connectivity index (χ3n) is 5.21. The van der Waals surface area contributed by atoms with E-state index in [1.165, 1.54) is 0 Å². The van der Waals surface area contributed by atoms with E-state index in [-0.39, 0.29) is 0 Å². The summed E-state index contributed by atoms with van der Waals surface area (Å²) in [6, 6.07) is 1.60. The van der Waals surface area contributed by atoms with Crippen LogP contribution in [0.4, 0.5) is 26.3 Å². The van der Waals surface area contributed by atoms with Gasteiger partial charge in [-0.15, -0.1) is 8.25 Å². The zero-order valence-electron chi connectivity index (χ0n) is 21.8. The Labute approximate surface area is 239 Å². The minimum Gasteiger partial charge on any atom is -0.465 e. The molecule has 12 nitrogen and oxygen atoms in total. The van der Waals surface area contributed by atoms with Gasteiger partial charge in [-0.25, -0.2) is 56.0 Å². The van der Waals surface area contributed by atoms with E-state index in [4.69, 9.17) is 0 Å². The van der Waals surface area contributed by atoms with Crippen LogP contribution < -0.4 is 8.25 Å². The Morgan fingerprint density at radius 1 is 0.690 bits per heavy atom. The fourth-order valence-electron chi connectivity index (χ4n) is 3.32. The second-order valence-electron chi connectivity index (χ2n) is 8.66. The van der Waals surface area contributed by atoms with Gasteiger partial charge < -0.3 is 4.74 Å². The van der Waals surface area contributed by atoms with Crippen molar-refractivity contribution in [1.82, 2.24) is 8.25 Å². The Morgan fingerprint density at radius 2 is 1.02 bits per heavy atom. The van der Waals surface area contributed by atoms with Gasteiger partial charge in [-0.05, 0) is 12.8 Å². The van der Waals surface area contributed by atoms with Gasteiger partial charge in [0.25, 0.3) is 11.8 Å². The number of halogens is 6. The number of esters is 1. The number of ether oxygens (including phenoxy) is 1. The second-order valence-corrected chi connectivity index (χ2v) is 16.5. The molecule has 0 spiro atoms. The molecular weight excluding hydrogens is 670 g/mol. The SMILES string of the molecule is COC(=O)c1c(C(F)(F)CCS(=O)(=O)NS(=O)(=O)CCCF)cccc1C(F)(F)CCS(=O)(=O)NS(=O)(=O)CCCF.